The second-order valence-corrected chi connectivity index (χ2v) is 6.35. The minimum absolute atomic E-state index is 0.0957. The van der Waals surface area contributed by atoms with Gasteiger partial charge in [0, 0.05) is 28.5 Å². The van der Waals surface area contributed by atoms with Gasteiger partial charge in [0.05, 0.1) is 6.42 Å². The lowest BCUT2D eigenvalue weighted by Crippen LogP contribution is -2.48. The van der Waals surface area contributed by atoms with E-state index in [1.54, 1.807) is 12.1 Å². The summed E-state index contributed by atoms with van der Waals surface area (Å²) in [5, 5.41) is 15.1. The Kier molecular flexibility index (Phi) is 5.53. The van der Waals surface area contributed by atoms with Crippen molar-refractivity contribution < 1.29 is 14.7 Å². The molecule has 1 fully saturated rings. The summed E-state index contributed by atoms with van der Waals surface area (Å²) in [5.41, 5.74) is 0.835. The molecular weight excluding hydrogens is 327 g/mol. The van der Waals surface area contributed by atoms with Gasteiger partial charge in [0.25, 0.3) is 0 Å². The molecule has 0 atom stereocenters. The lowest BCUT2D eigenvalue weighted by molar-refractivity contribution is -0.136. The molecule has 0 bridgehead atoms. The van der Waals surface area contributed by atoms with Gasteiger partial charge < -0.3 is 15.7 Å². The van der Waals surface area contributed by atoms with Gasteiger partial charge in [-0.3, -0.25) is 4.79 Å². The van der Waals surface area contributed by atoms with Gasteiger partial charge in [0.2, 0.25) is 0 Å². The van der Waals surface area contributed by atoms with Crippen LogP contribution < -0.4 is 10.6 Å². The largest absolute Gasteiger partial charge is 0.481 e. The van der Waals surface area contributed by atoms with Crippen LogP contribution in [0.2, 0.25) is 10.0 Å². The number of halogens is 2. The summed E-state index contributed by atoms with van der Waals surface area (Å²) in [7, 11) is 0. The number of aliphatic carboxylic acids is 1. The molecule has 1 aromatic carbocycles. The Labute approximate surface area is 139 Å². The van der Waals surface area contributed by atoms with Crippen molar-refractivity contribution >= 4 is 35.2 Å². The molecule has 1 aliphatic rings. The van der Waals surface area contributed by atoms with Gasteiger partial charge in [-0.25, -0.2) is 4.79 Å². The molecule has 22 heavy (non-hydrogen) atoms. The number of amides is 2. The number of carbonyl (C=O) groups excluding carboxylic acids is 1. The molecular formula is C15H18Cl2N2O3. The van der Waals surface area contributed by atoms with Crippen molar-refractivity contribution in [2.24, 2.45) is 0 Å². The molecule has 0 unspecified atom stereocenters. The highest BCUT2D eigenvalue weighted by molar-refractivity contribution is 6.35. The van der Waals surface area contributed by atoms with Crippen LogP contribution in [0.15, 0.2) is 18.2 Å². The van der Waals surface area contributed by atoms with Crippen LogP contribution in [0.3, 0.4) is 0 Å². The first-order valence-electron chi connectivity index (χ1n) is 7.12. The predicted octanol–water partition coefficient (Wildman–Crippen LogP) is 3.19. The SMILES string of the molecule is O=C(O)CCNC(=O)NCC1(c2ccc(Cl)cc2Cl)CCC1. The number of carboxylic acid groups (broad SMARTS) is 1. The highest BCUT2D eigenvalue weighted by atomic mass is 35.5. The summed E-state index contributed by atoms with van der Waals surface area (Å²) >= 11 is 12.2. The third-order valence-electron chi connectivity index (χ3n) is 4.02. The molecule has 7 heteroatoms. The van der Waals surface area contributed by atoms with Crippen LogP contribution in [0.1, 0.15) is 31.2 Å². The molecule has 120 valence electrons. The van der Waals surface area contributed by atoms with E-state index in [9.17, 15) is 9.59 Å². The number of nitrogens with one attached hydrogen (secondary N) is 2. The molecule has 3 N–H and O–H groups in total. The normalized spacial score (nSPS) is 15.7. The van der Waals surface area contributed by atoms with Crippen molar-refractivity contribution in [3.63, 3.8) is 0 Å². The Morgan fingerprint density at radius 1 is 1.23 bits per heavy atom. The van der Waals surface area contributed by atoms with Gasteiger partial charge in [-0.2, -0.15) is 0 Å². The summed E-state index contributed by atoms with van der Waals surface area (Å²) in [6.45, 7) is 0.573. The number of urea groups is 1. The maximum atomic E-state index is 11.7. The summed E-state index contributed by atoms with van der Waals surface area (Å²) in [5.74, 6) is -0.941. The van der Waals surface area contributed by atoms with E-state index in [2.05, 4.69) is 10.6 Å². The first-order chi connectivity index (χ1) is 10.4. The molecule has 1 aromatic rings. The van der Waals surface area contributed by atoms with Gasteiger partial charge in [-0.1, -0.05) is 35.7 Å². The van der Waals surface area contributed by atoms with Gasteiger partial charge in [-0.05, 0) is 30.5 Å². The lowest BCUT2D eigenvalue weighted by atomic mass is 9.64. The summed E-state index contributed by atoms with van der Waals surface area (Å²) in [6.07, 6.45) is 2.89. The third-order valence-corrected chi connectivity index (χ3v) is 4.57. The zero-order valence-corrected chi connectivity index (χ0v) is 13.5. The maximum absolute atomic E-state index is 11.7. The van der Waals surface area contributed by atoms with Gasteiger partial charge in [0.15, 0.2) is 0 Å². The average molecular weight is 345 g/mol. The molecule has 1 saturated carbocycles. The van der Waals surface area contributed by atoms with Crippen LogP contribution in [0.5, 0.6) is 0 Å². The van der Waals surface area contributed by atoms with E-state index in [0.29, 0.717) is 16.6 Å². The van der Waals surface area contributed by atoms with Crippen LogP contribution >= 0.6 is 23.2 Å². The van der Waals surface area contributed by atoms with Crippen molar-refractivity contribution in [3.05, 3.63) is 33.8 Å². The lowest BCUT2D eigenvalue weighted by Gasteiger charge is -2.43. The van der Waals surface area contributed by atoms with Crippen molar-refractivity contribution in [1.82, 2.24) is 10.6 Å². The number of benzene rings is 1. The van der Waals surface area contributed by atoms with Crippen molar-refractivity contribution in [2.75, 3.05) is 13.1 Å². The highest BCUT2D eigenvalue weighted by Gasteiger charge is 2.40. The number of rotatable bonds is 6. The molecule has 0 aromatic heterocycles. The fraction of sp³-hybridized carbons (Fsp3) is 0.467. The topological polar surface area (TPSA) is 78.4 Å². The molecule has 5 nitrogen and oxygen atoms in total. The molecule has 0 saturated heterocycles. The summed E-state index contributed by atoms with van der Waals surface area (Å²) in [4.78, 5) is 22.1. The fourth-order valence-corrected chi connectivity index (χ4v) is 3.27. The smallest absolute Gasteiger partial charge is 0.314 e. The molecule has 0 radical (unpaired) electrons. The number of carboxylic acids is 1. The Balaban J connectivity index is 1.94. The first-order valence-corrected chi connectivity index (χ1v) is 7.88. The third kappa shape index (κ3) is 4.05. The summed E-state index contributed by atoms with van der Waals surface area (Å²) in [6, 6.07) is 5.06. The van der Waals surface area contributed by atoms with Crippen LogP contribution in [0.25, 0.3) is 0 Å². The summed E-state index contributed by atoms with van der Waals surface area (Å²) < 4.78 is 0. The van der Waals surface area contributed by atoms with E-state index in [-0.39, 0.29) is 24.4 Å². The van der Waals surface area contributed by atoms with Crippen molar-refractivity contribution in [1.29, 1.82) is 0 Å². The van der Waals surface area contributed by atoms with Gasteiger partial charge in [0.1, 0.15) is 0 Å². The van der Waals surface area contributed by atoms with E-state index in [0.717, 1.165) is 24.8 Å². The Bertz CT molecular complexity index is 574. The minimum Gasteiger partial charge on any atom is -0.481 e. The van der Waals surface area contributed by atoms with Crippen molar-refractivity contribution in [2.45, 2.75) is 31.1 Å². The first kappa shape index (κ1) is 16.9. The van der Waals surface area contributed by atoms with Crippen molar-refractivity contribution in [3.8, 4) is 0 Å². The maximum Gasteiger partial charge on any atom is 0.314 e. The quantitative estimate of drug-likeness (QED) is 0.741. The molecule has 0 spiro atoms. The van der Waals surface area contributed by atoms with Crippen LogP contribution in [0, 0.1) is 0 Å². The van der Waals surface area contributed by atoms with Crippen LogP contribution in [0.4, 0.5) is 4.79 Å². The van der Waals surface area contributed by atoms with Crippen LogP contribution in [-0.2, 0) is 10.2 Å². The van der Waals surface area contributed by atoms with Gasteiger partial charge >= 0.3 is 12.0 Å². The number of carbonyl (C=O) groups is 2. The zero-order chi connectivity index (χ0) is 16.2. The second-order valence-electron chi connectivity index (χ2n) is 5.51. The standard InChI is InChI=1S/C15H18Cl2N2O3/c16-10-2-3-11(12(17)8-10)15(5-1-6-15)9-19-14(22)18-7-4-13(20)21/h2-3,8H,1,4-7,9H2,(H,20,21)(H2,18,19,22). The Hall–Kier alpha value is -1.46. The molecule has 2 amide bonds. The number of hydrogen-bond acceptors (Lipinski definition) is 2. The molecule has 0 aliphatic heterocycles. The second kappa shape index (κ2) is 7.20. The van der Waals surface area contributed by atoms with E-state index in [1.807, 2.05) is 6.07 Å². The Morgan fingerprint density at radius 2 is 1.95 bits per heavy atom. The average Bonchev–Trinajstić information content (AvgIpc) is 2.39. The van der Waals surface area contributed by atoms with E-state index in [4.69, 9.17) is 28.3 Å². The fourth-order valence-electron chi connectivity index (χ4n) is 2.66. The zero-order valence-electron chi connectivity index (χ0n) is 12.0. The van der Waals surface area contributed by atoms with Gasteiger partial charge in [-0.15, -0.1) is 0 Å². The minimum atomic E-state index is -0.941. The monoisotopic (exact) mass is 344 g/mol. The van der Waals surface area contributed by atoms with E-state index >= 15 is 0 Å². The Morgan fingerprint density at radius 3 is 2.50 bits per heavy atom. The predicted molar refractivity (Wildman–Crippen MR) is 85.6 cm³/mol. The number of hydrogen-bond donors (Lipinski definition) is 3. The molecule has 0 heterocycles. The molecule has 1 aliphatic carbocycles. The highest BCUT2D eigenvalue weighted by Crippen LogP contribution is 2.46. The molecule has 2 rings (SSSR count). The van der Waals surface area contributed by atoms with E-state index < -0.39 is 5.97 Å². The van der Waals surface area contributed by atoms with Crippen LogP contribution in [-0.4, -0.2) is 30.2 Å². The van der Waals surface area contributed by atoms with E-state index in [1.165, 1.54) is 0 Å².